The van der Waals surface area contributed by atoms with E-state index in [1.54, 1.807) is 6.20 Å². The lowest BCUT2D eigenvalue weighted by Crippen LogP contribution is -2.20. The number of aromatic nitrogens is 7. The van der Waals surface area contributed by atoms with Crippen LogP contribution in [0.15, 0.2) is 73.4 Å². The zero-order chi connectivity index (χ0) is 25.3. The van der Waals surface area contributed by atoms with E-state index < -0.39 is 0 Å². The summed E-state index contributed by atoms with van der Waals surface area (Å²) in [6.45, 7) is 1.89. The van der Waals surface area contributed by atoms with Crippen molar-refractivity contribution in [3.05, 3.63) is 79.0 Å². The number of aromatic amines is 2. The van der Waals surface area contributed by atoms with E-state index in [4.69, 9.17) is 9.97 Å². The van der Waals surface area contributed by atoms with Crippen LogP contribution in [0.1, 0.15) is 31.2 Å². The Kier molecular flexibility index (Phi) is 5.86. The van der Waals surface area contributed by atoms with Gasteiger partial charge in [0, 0.05) is 53.4 Å². The Morgan fingerprint density at radius 2 is 1.82 bits per heavy atom. The molecule has 0 aliphatic heterocycles. The number of fused-ring (bicyclic) bond motifs is 2. The third-order valence-corrected chi connectivity index (χ3v) is 7.48. The molecule has 0 radical (unpaired) electrons. The third-order valence-electron chi connectivity index (χ3n) is 7.48. The minimum absolute atomic E-state index is 0.711. The van der Waals surface area contributed by atoms with E-state index in [0.717, 1.165) is 74.6 Å². The molecule has 7 rings (SSSR count). The van der Waals surface area contributed by atoms with E-state index in [1.165, 1.54) is 25.7 Å². The Balaban J connectivity index is 1.20. The lowest BCUT2D eigenvalue weighted by Gasteiger charge is -2.11. The highest BCUT2D eigenvalue weighted by Crippen LogP contribution is 2.32. The first-order valence-corrected chi connectivity index (χ1v) is 13.2. The van der Waals surface area contributed by atoms with Gasteiger partial charge in [-0.3, -0.25) is 20.1 Å². The van der Waals surface area contributed by atoms with Gasteiger partial charge in [0.1, 0.15) is 5.69 Å². The zero-order valence-corrected chi connectivity index (χ0v) is 21.0. The second-order valence-corrected chi connectivity index (χ2v) is 10.1. The summed E-state index contributed by atoms with van der Waals surface area (Å²) in [5.74, 6) is 1.52. The number of para-hydroxylation sites is 1. The van der Waals surface area contributed by atoms with Crippen molar-refractivity contribution in [2.75, 3.05) is 6.54 Å². The molecular formula is C30H28N8. The van der Waals surface area contributed by atoms with Crippen LogP contribution < -0.4 is 5.32 Å². The van der Waals surface area contributed by atoms with Crippen LogP contribution in [0.3, 0.4) is 0 Å². The number of H-pyrrole nitrogens is 2. The molecule has 0 amide bonds. The van der Waals surface area contributed by atoms with Gasteiger partial charge in [-0.15, -0.1) is 0 Å². The van der Waals surface area contributed by atoms with Gasteiger partial charge in [0.15, 0.2) is 5.82 Å². The molecule has 0 atom stereocenters. The maximum Gasteiger partial charge on any atom is 0.159 e. The first-order valence-electron chi connectivity index (χ1n) is 13.2. The average Bonchev–Trinajstić information content (AvgIpc) is 3.73. The molecule has 0 spiro atoms. The van der Waals surface area contributed by atoms with Crippen molar-refractivity contribution in [1.82, 2.24) is 40.4 Å². The highest BCUT2D eigenvalue weighted by atomic mass is 15.1. The molecule has 8 nitrogen and oxygen atoms in total. The van der Waals surface area contributed by atoms with Gasteiger partial charge < -0.3 is 10.3 Å². The number of rotatable bonds is 7. The van der Waals surface area contributed by atoms with E-state index in [2.05, 4.69) is 48.7 Å². The van der Waals surface area contributed by atoms with Gasteiger partial charge in [0.05, 0.1) is 28.4 Å². The lowest BCUT2D eigenvalue weighted by atomic mass is 10.1. The maximum atomic E-state index is 4.96. The second-order valence-electron chi connectivity index (χ2n) is 10.1. The van der Waals surface area contributed by atoms with Crippen LogP contribution in [-0.2, 0) is 6.54 Å². The molecule has 0 saturated heterocycles. The van der Waals surface area contributed by atoms with Crippen LogP contribution in [0.25, 0.3) is 55.8 Å². The number of imidazole rings is 1. The minimum Gasteiger partial charge on any atom is -0.337 e. The molecule has 0 bridgehead atoms. The molecule has 3 N–H and O–H groups in total. The fraction of sp³-hybridized carbons (Fsp3) is 0.233. The summed E-state index contributed by atoms with van der Waals surface area (Å²) in [6.07, 6.45) is 14.7. The SMILES string of the molecule is c1cncc(-c2cccc3[nH]c(-c4n[nH]c5cnc(-c6cncc(CNCC7CCCC7)c6)cc45)nc23)c1. The topological polar surface area (TPSA) is 108 Å². The van der Waals surface area contributed by atoms with E-state index in [-0.39, 0.29) is 0 Å². The molecule has 38 heavy (non-hydrogen) atoms. The Morgan fingerprint density at radius 3 is 2.71 bits per heavy atom. The Bertz CT molecular complexity index is 1710. The van der Waals surface area contributed by atoms with Gasteiger partial charge in [-0.1, -0.05) is 31.0 Å². The summed E-state index contributed by atoms with van der Waals surface area (Å²) >= 11 is 0. The fourth-order valence-corrected chi connectivity index (χ4v) is 5.51. The maximum absolute atomic E-state index is 4.96. The van der Waals surface area contributed by atoms with E-state index >= 15 is 0 Å². The van der Waals surface area contributed by atoms with Gasteiger partial charge in [0.2, 0.25) is 0 Å². The van der Waals surface area contributed by atoms with Crippen LogP contribution in [0.4, 0.5) is 0 Å². The Labute approximate surface area is 220 Å². The molecule has 8 heteroatoms. The number of pyridine rings is 3. The van der Waals surface area contributed by atoms with Crippen molar-refractivity contribution in [3.8, 4) is 33.9 Å². The van der Waals surface area contributed by atoms with Gasteiger partial charge >= 0.3 is 0 Å². The first-order chi connectivity index (χ1) is 18.8. The van der Waals surface area contributed by atoms with Crippen molar-refractivity contribution in [3.63, 3.8) is 0 Å². The molecule has 1 aliphatic carbocycles. The number of benzene rings is 1. The first kappa shape index (κ1) is 22.7. The molecule has 5 aromatic heterocycles. The fourth-order valence-electron chi connectivity index (χ4n) is 5.51. The van der Waals surface area contributed by atoms with Crippen molar-refractivity contribution in [2.24, 2.45) is 5.92 Å². The molecule has 1 aromatic carbocycles. The largest absolute Gasteiger partial charge is 0.337 e. The summed E-state index contributed by atoms with van der Waals surface area (Å²) < 4.78 is 0. The molecular weight excluding hydrogens is 472 g/mol. The monoisotopic (exact) mass is 500 g/mol. The van der Waals surface area contributed by atoms with Gasteiger partial charge in [-0.2, -0.15) is 5.10 Å². The van der Waals surface area contributed by atoms with E-state index in [1.807, 2.05) is 49.1 Å². The summed E-state index contributed by atoms with van der Waals surface area (Å²) in [7, 11) is 0. The van der Waals surface area contributed by atoms with Crippen LogP contribution in [-0.4, -0.2) is 41.7 Å². The van der Waals surface area contributed by atoms with Crippen molar-refractivity contribution in [1.29, 1.82) is 0 Å². The van der Waals surface area contributed by atoms with Crippen LogP contribution in [0.2, 0.25) is 0 Å². The van der Waals surface area contributed by atoms with E-state index in [0.29, 0.717) is 5.82 Å². The number of nitrogens with one attached hydrogen (secondary N) is 3. The van der Waals surface area contributed by atoms with Gasteiger partial charge in [-0.25, -0.2) is 4.98 Å². The van der Waals surface area contributed by atoms with Crippen LogP contribution in [0.5, 0.6) is 0 Å². The Morgan fingerprint density at radius 1 is 0.895 bits per heavy atom. The average molecular weight is 501 g/mol. The molecule has 1 aliphatic rings. The summed E-state index contributed by atoms with van der Waals surface area (Å²) in [4.78, 5) is 21.9. The number of nitrogens with zero attached hydrogens (tertiary/aromatic N) is 5. The molecule has 188 valence electrons. The summed E-state index contributed by atoms with van der Waals surface area (Å²) in [6, 6.07) is 14.3. The number of hydrogen-bond donors (Lipinski definition) is 3. The predicted octanol–water partition coefficient (Wildman–Crippen LogP) is 5.91. The highest BCUT2D eigenvalue weighted by molar-refractivity contribution is 5.97. The summed E-state index contributed by atoms with van der Waals surface area (Å²) in [5, 5.41) is 12.3. The molecule has 6 aromatic rings. The van der Waals surface area contributed by atoms with Crippen molar-refractivity contribution >= 4 is 21.9 Å². The molecule has 1 saturated carbocycles. The van der Waals surface area contributed by atoms with Gasteiger partial charge in [0.25, 0.3) is 0 Å². The Hall–Kier alpha value is -4.43. The zero-order valence-electron chi connectivity index (χ0n) is 21.0. The molecule has 1 fully saturated rings. The smallest absolute Gasteiger partial charge is 0.159 e. The van der Waals surface area contributed by atoms with Gasteiger partial charge in [-0.05, 0) is 55.1 Å². The predicted molar refractivity (Wildman–Crippen MR) is 149 cm³/mol. The molecule has 5 heterocycles. The minimum atomic E-state index is 0.711. The van der Waals surface area contributed by atoms with E-state index in [9.17, 15) is 0 Å². The molecule has 0 unspecified atom stereocenters. The standard InChI is InChI=1S/C30H28N8/c1-2-6-19(5-1)13-32-14-20-11-22(17-33-15-20)26-12-24-27(18-34-26)37-38-29(24)30-35-25-9-3-8-23(28(25)36-30)21-7-4-10-31-16-21/h3-4,7-12,15-19,32H,1-2,5-6,13-14H2,(H,35,36)(H,37,38). The number of hydrogen-bond acceptors (Lipinski definition) is 6. The lowest BCUT2D eigenvalue weighted by molar-refractivity contribution is 0.489. The van der Waals surface area contributed by atoms with Crippen molar-refractivity contribution < 1.29 is 0 Å². The summed E-state index contributed by atoms with van der Waals surface area (Å²) in [5.41, 5.74) is 8.54. The quantitative estimate of drug-likeness (QED) is 0.252. The second kappa shape index (κ2) is 9.79. The highest BCUT2D eigenvalue weighted by Gasteiger charge is 2.17. The third kappa shape index (κ3) is 4.33. The van der Waals surface area contributed by atoms with Crippen LogP contribution in [0, 0.1) is 5.92 Å². The van der Waals surface area contributed by atoms with Crippen molar-refractivity contribution in [2.45, 2.75) is 32.2 Å². The van der Waals surface area contributed by atoms with Crippen LogP contribution >= 0.6 is 0 Å². The normalized spacial score (nSPS) is 14.1.